The van der Waals surface area contributed by atoms with Gasteiger partial charge in [-0.2, -0.15) is 0 Å². The highest BCUT2D eigenvalue weighted by Crippen LogP contribution is 2.05. The summed E-state index contributed by atoms with van der Waals surface area (Å²) in [6.07, 6.45) is 0. The molecule has 0 saturated carbocycles. The van der Waals surface area contributed by atoms with Crippen molar-refractivity contribution in [2.75, 3.05) is 13.6 Å². The van der Waals surface area contributed by atoms with Crippen LogP contribution >= 0.6 is 0 Å². The molecule has 0 aromatic heterocycles. The Morgan fingerprint density at radius 3 is 2.31 bits per heavy atom. The van der Waals surface area contributed by atoms with Crippen LogP contribution in [-0.2, 0) is 13.1 Å². The number of nitrogens with zero attached hydrogens (tertiary/aromatic N) is 1. The number of carboxylic acids is 1. The molecule has 2 aromatic rings. The van der Waals surface area contributed by atoms with Crippen molar-refractivity contribution < 1.29 is 14.7 Å². The van der Waals surface area contributed by atoms with Gasteiger partial charge >= 0.3 is 12.0 Å². The van der Waals surface area contributed by atoms with Gasteiger partial charge in [0, 0.05) is 25.7 Å². The summed E-state index contributed by atoms with van der Waals surface area (Å²) >= 11 is 0. The van der Waals surface area contributed by atoms with Crippen LogP contribution < -0.4 is 10.6 Å². The zero-order valence-corrected chi connectivity index (χ0v) is 15.1. The van der Waals surface area contributed by atoms with Gasteiger partial charge in [-0.05, 0) is 37.2 Å². The van der Waals surface area contributed by atoms with Crippen LogP contribution in [0.15, 0.2) is 54.6 Å². The summed E-state index contributed by atoms with van der Waals surface area (Å²) in [4.78, 5) is 25.0. The highest BCUT2D eigenvalue weighted by molar-refractivity contribution is 5.87. The summed E-state index contributed by atoms with van der Waals surface area (Å²) in [7, 11) is 2.02. The maximum Gasteiger partial charge on any atom is 0.335 e. The number of carbonyl (C=O) groups is 2. The minimum Gasteiger partial charge on any atom is -0.478 e. The van der Waals surface area contributed by atoms with Crippen molar-refractivity contribution in [1.82, 2.24) is 15.5 Å². The van der Waals surface area contributed by atoms with Gasteiger partial charge < -0.3 is 20.6 Å². The zero-order chi connectivity index (χ0) is 18.9. The molecule has 0 fully saturated rings. The molecule has 0 aliphatic heterocycles. The summed E-state index contributed by atoms with van der Waals surface area (Å²) < 4.78 is 0. The lowest BCUT2D eigenvalue weighted by Gasteiger charge is -2.22. The smallest absolute Gasteiger partial charge is 0.335 e. The van der Waals surface area contributed by atoms with Crippen LogP contribution in [0.1, 0.15) is 28.4 Å². The number of nitrogens with one attached hydrogen (secondary N) is 2. The van der Waals surface area contributed by atoms with Crippen LogP contribution in [0, 0.1) is 0 Å². The standard InChI is InChI=1S/C20H25N3O3/c1-15(13-23(2)14-17-6-4-3-5-7-17)22-20(26)21-12-16-8-10-18(11-9-16)19(24)25/h3-11,15H,12-14H2,1-2H3,(H,24,25)(H2,21,22,26). The molecule has 6 nitrogen and oxygen atoms in total. The first kappa shape index (κ1) is 19.5. The van der Waals surface area contributed by atoms with Gasteiger partial charge in [0.2, 0.25) is 0 Å². The Balaban J connectivity index is 1.71. The quantitative estimate of drug-likeness (QED) is 0.680. The average Bonchev–Trinajstić information content (AvgIpc) is 2.60. The van der Waals surface area contributed by atoms with E-state index in [0.717, 1.165) is 18.7 Å². The lowest BCUT2D eigenvalue weighted by molar-refractivity contribution is 0.0697. The number of carboxylic acid groups (broad SMARTS) is 1. The predicted octanol–water partition coefficient (Wildman–Crippen LogP) is 2.70. The second-order valence-electron chi connectivity index (χ2n) is 6.41. The van der Waals surface area contributed by atoms with Gasteiger partial charge in [0.05, 0.1) is 5.56 Å². The number of rotatable bonds is 8. The van der Waals surface area contributed by atoms with Gasteiger partial charge in [0.25, 0.3) is 0 Å². The Morgan fingerprint density at radius 2 is 1.69 bits per heavy atom. The van der Waals surface area contributed by atoms with Gasteiger partial charge in [0.15, 0.2) is 0 Å². The van der Waals surface area contributed by atoms with Gasteiger partial charge in [-0.15, -0.1) is 0 Å². The monoisotopic (exact) mass is 355 g/mol. The maximum atomic E-state index is 12.0. The van der Waals surface area contributed by atoms with Crippen LogP contribution in [0.3, 0.4) is 0 Å². The molecule has 0 aliphatic rings. The van der Waals surface area contributed by atoms with E-state index in [2.05, 4.69) is 27.7 Å². The minimum atomic E-state index is -0.962. The molecule has 1 unspecified atom stereocenters. The molecule has 26 heavy (non-hydrogen) atoms. The molecule has 138 valence electrons. The largest absolute Gasteiger partial charge is 0.478 e. The second-order valence-corrected chi connectivity index (χ2v) is 6.41. The van der Waals surface area contributed by atoms with E-state index >= 15 is 0 Å². The molecule has 2 rings (SSSR count). The lowest BCUT2D eigenvalue weighted by Crippen LogP contribution is -2.45. The number of carbonyl (C=O) groups excluding carboxylic acids is 1. The van der Waals surface area contributed by atoms with E-state index in [9.17, 15) is 9.59 Å². The molecular formula is C20H25N3O3. The van der Waals surface area contributed by atoms with E-state index in [-0.39, 0.29) is 17.6 Å². The van der Waals surface area contributed by atoms with Gasteiger partial charge in [0.1, 0.15) is 0 Å². The highest BCUT2D eigenvalue weighted by atomic mass is 16.4. The number of hydrogen-bond acceptors (Lipinski definition) is 3. The van der Waals surface area contributed by atoms with E-state index in [1.807, 2.05) is 32.2 Å². The minimum absolute atomic E-state index is 0.00176. The topological polar surface area (TPSA) is 81.7 Å². The predicted molar refractivity (Wildman–Crippen MR) is 101 cm³/mol. The molecule has 1 atom stereocenters. The van der Waals surface area contributed by atoms with Crippen molar-refractivity contribution >= 4 is 12.0 Å². The van der Waals surface area contributed by atoms with E-state index in [1.54, 1.807) is 12.1 Å². The molecule has 0 radical (unpaired) electrons. The Labute approximate surface area is 153 Å². The molecule has 0 heterocycles. The normalized spacial score (nSPS) is 11.8. The number of urea groups is 1. The van der Waals surface area contributed by atoms with Crippen molar-refractivity contribution in [2.45, 2.75) is 26.1 Å². The molecular weight excluding hydrogens is 330 g/mol. The molecule has 3 N–H and O–H groups in total. The Bertz CT molecular complexity index is 717. The van der Waals surface area contributed by atoms with E-state index in [1.165, 1.54) is 17.7 Å². The maximum absolute atomic E-state index is 12.0. The van der Waals surface area contributed by atoms with Crippen molar-refractivity contribution in [2.24, 2.45) is 0 Å². The SMILES string of the molecule is CC(CN(C)Cc1ccccc1)NC(=O)NCc1ccc(C(=O)O)cc1. The molecule has 0 aliphatic carbocycles. The molecule has 6 heteroatoms. The first-order valence-electron chi connectivity index (χ1n) is 8.53. The third-order valence-electron chi connectivity index (χ3n) is 3.91. The molecule has 0 spiro atoms. The summed E-state index contributed by atoms with van der Waals surface area (Å²) in [5.41, 5.74) is 2.31. The summed E-state index contributed by atoms with van der Waals surface area (Å²) in [5, 5.41) is 14.6. The van der Waals surface area contributed by atoms with Crippen LogP contribution in [0.4, 0.5) is 4.79 Å². The summed E-state index contributed by atoms with van der Waals surface area (Å²) in [5.74, 6) is -0.962. The molecule has 0 saturated heterocycles. The van der Waals surface area contributed by atoms with E-state index in [4.69, 9.17) is 5.11 Å². The first-order valence-corrected chi connectivity index (χ1v) is 8.53. The summed E-state index contributed by atoms with van der Waals surface area (Å²) in [6, 6.07) is 16.4. The zero-order valence-electron chi connectivity index (χ0n) is 15.1. The number of likely N-dealkylation sites (N-methyl/N-ethyl adjacent to an activating group) is 1. The Morgan fingerprint density at radius 1 is 1.04 bits per heavy atom. The number of hydrogen-bond donors (Lipinski definition) is 3. The Hall–Kier alpha value is -2.86. The van der Waals surface area contributed by atoms with Crippen molar-refractivity contribution in [1.29, 1.82) is 0 Å². The third-order valence-corrected chi connectivity index (χ3v) is 3.91. The first-order chi connectivity index (χ1) is 12.4. The van der Waals surface area contributed by atoms with E-state index in [0.29, 0.717) is 6.54 Å². The van der Waals surface area contributed by atoms with Crippen molar-refractivity contribution in [3.05, 3.63) is 71.3 Å². The van der Waals surface area contributed by atoms with Crippen LogP contribution in [0.5, 0.6) is 0 Å². The fourth-order valence-corrected chi connectivity index (χ4v) is 2.70. The van der Waals surface area contributed by atoms with Gasteiger partial charge in [-0.25, -0.2) is 9.59 Å². The van der Waals surface area contributed by atoms with Crippen molar-refractivity contribution in [3.63, 3.8) is 0 Å². The fourth-order valence-electron chi connectivity index (χ4n) is 2.70. The Kier molecular flexibility index (Phi) is 7.17. The van der Waals surface area contributed by atoms with Gasteiger partial charge in [-0.1, -0.05) is 42.5 Å². The second kappa shape index (κ2) is 9.58. The number of aromatic carboxylic acids is 1. The summed E-state index contributed by atoms with van der Waals surface area (Å²) in [6.45, 7) is 3.86. The van der Waals surface area contributed by atoms with Crippen molar-refractivity contribution in [3.8, 4) is 0 Å². The molecule has 2 amide bonds. The molecule has 0 bridgehead atoms. The number of benzene rings is 2. The molecule has 2 aromatic carbocycles. The van der Waals surface area contributed by atoms with Crippen LogP contribution in [0.25, 0.3) is 0 Å². The van der Waals surface area contributed by atoms with Crippen LogP contribution in [0.2, 0.25) is 0 Å². The highest BCUT2D eigenvalue weighted by Gasteiger charge is 2.10. The average molecular weight is 355 g/mol. The number of amides is 2. The fraction of sp³-hybridized carbons (Fsp3) is 0.300. The third kappa shape index (κ3) is 6.57. The van der Waals surface area contributed by atoms with Gasteiger partial charge in [-0.3, -0.25) is 0 Å². The lowest BCUT2D eigenvalue weighted by atomic mass is 10.1. The van der Waals surface area contributed by atoms with E-state index < -0.39 is 5.97 Å². The van der Waals surface area contributed by atoms with Crippen LogP contribution in [-0.4, -0.2) is 41.6 Å².